The summed E-state index contributed by atoms with van der Waals surface area (Å²) in [6.45, 7) is 9.18. The lowest BCUT2D eigenvalue weighted by atomic mass is 9.78. The SMILES string of the molecule is CCCc1cc(CCC)c(-c2cccc3c[n+](-c4c(C(c5ccccc5)c5ccccc5)cc(C)cc4C(c4ccccc4)c4ccccc4)cn23)c(CCC)c1. The maximum atomic E-state index is 2.50. The van der Waals surface area contributed by atoms with Gasteiger partial charge in [-0.15, -0.1) is 0 Å². The molecule has 0 aliphatic rings. The van der Waals surface area contributed by atoms with Crippen LogP contribution in [-0.2, 0) is 19.3 Å². The predicted molar refractivity (Wildman–Crippen MR) is 239 cm³/mol. The molecule has 8 aromatic rings. The Morgan fingerprint density at radius 2 is 0.930 bits per heavy atom. The number of benzene rings is 6. The van der Waals surface area contributed by atoms with Crippen molar-refractivity contribution in [3.05, 3.63) is 232 Å². The van der Waals surface area contributed by atoms with E-state index in [9.17, 15) is 0 Å². The Kier molecular flexibility index (Phi) is 11.6. The smallest absolute Gasteiger partial charge is 0.201 e. The minimum Gasteiger partial charge on any atom is -0.201 e. The van der Waals surface area contributed by atoms with E-state index in [1.54, 1.807) is 0 Å². The molecule has 284 valence electrons. The zero-order valence-corrected chi connectivity index (χ0v) is 34.0. The third-order valence-electron chi connectivity index (χ3n) is 11.5. The number of hydrogen-bond acceptors (Lipinski definition) is 0. The maximum Gasteiger partial charge on any atom is 0.254 e. The van der Waals surface area contributed by atoms with E-state index in [1.807, 2.05) is 0 Å². The van der Waals surface area contributed by atoms with E-state index in [4.69, 9.17) is 0 Å². The molecule has 0 saturated carbocycles. The molecule has 0 aliphatic heterocycles. The van der Waals surface area contributed by atoms with E-state index in [2.05, 4.69) is 213 Å². The fourth-order valence-corrected chi connectivity index (χ4v) is 9.19. The molecule has 0 aliphatic carbocycles. The van der Waals surface area contributed by atoms with Gasteiger partial charge in [-0.2, -0.15) is 4.40 Å². The van der Waals surface area contributed by atoms with Gasteiger partial charge in [0.1, 0.15) is 17.6 Å². The summed E-state index contributed by atoms with van der Waals surface area (Å²) in [5, 5.41) is 0. The number of aryl methyl sites for hydroxylation is 4. The second-order valence-corrected chi connectivity index (χ2v) is 15.7. The molecule has 8 rings (SSSR count). The van der Waals surface area contributed by atoms with Gasteiger partial charge in [-0.3, -0.25) is 0 Å². The summed E-state index contributed by atoms with van der Waals surface area (Å²) in [5.41, 5.74) is 18.5. The quantitative estimate of drug-likeness (QED) is 0.0774. The molecule has 2 nitrogen and oxygen atoms in total. The lowest BCUT2D eigenvalue weighted by Crippen LogP contribution is -2.33. The topological polar surface area (TPSA) is 8.29 Å². The fourth-order valence-electron chi connectivity index (χ4n) is 9.19. The van der Waals surface area contributed by atoms with E-state index in [1.165, 1.54) is 78.1 Å². The van der Waals surface area contributed by atoms with Crippen molar-refractivity contribution in [2.45, 2.75) is 78.1 Å². The summed E-state index contributed by atoms with van der Waals surface area (Å²) in [5.74, 6) is 0.0308. The van der Waals surface area contributed by atoms with E-state index in [0.29, 0.717) is 0 Å². The van der Waals surface area contributed by atoms with Crippen LogP contribution in [0, 0.1) is 6.92 Å². The highest BCUT2D eigenvalue weighted by atomic mass is 15.1. The number of hydrogen-bond donors (Lipinski definition) is 0. The van der Waals surface area contributed by atoms with Crippen LogP contribution in [0.2, 0.25) is 0 Å². The largest absolute Gasteiger partial charge is 0.254 e. The summed E-state index contributed by atoms with van der Waals surface area (Å²) >= 11 is 0. The van der Waals surface area contributed by atoms with Crippen molar-refractivity contribution in [1.82, 2.24) is 4.40 Å². The van der Waals surface area contributed by atoms with Gasteiger partial charge in [0, 0.05) is 28.5 Å². The number of aromatic nitrogens is 2. The molecule has 0 radical (unpaired) electrons. The molecule has 0 N–H and O–H groups in total. The molecule has 2 aromatic heterocycles. The number of rotatable bonds is 14. The lowest BCUT2D eigenvalue weighted by molar-refractivity contribution is -0.595. The van der Waals surface area contributed by atoms with Crippen molar-refractivity contribution >= 4 is 5.52 Å². The van der Waals surface area contributed by atoms with Crippen LogP contribution in [0.25, 0.3) is 22.5 Å². The highest BCUT2D eigenvalue weighted by molar-refractivity contribution is 5.72. The summed E-state index contributed by atoms with van der Waals surface area (Å²) in [4.78, 5) is 0. The average Bonchev–Trinajstić information content (AvgIpc) is 3.68. The predicted octanol–water partition coefficient (Wildman–Crippen LogP) is 13.4. The molecule has 2 heteroatoms. The minimum atomic E-state index is 0.0154. The van der Waals surface area contributed by atoms with E-state index < -0.39 is 0 Å². The standard InChI is InChI=1S/C55H55N2/c1-5-21-41-36-46(22-6-2)54(47(37-41)23-7-3)51-33-20-32-48-38-56(39-57(48)51)55-49(52(42-24-12-8-13-25-42)43-26-14-9-15-27-43)34-40(4)35-50(55)53(44-28-16-10-17-29-44)45-30-18-11-19-31-45/h8-20,24-39,52-53H,5-7,21-23H2,1-4H3/q+1. The molecule has 0 fully saturated rings. The van der Waals surface area contributed by atoms with Crippen LogP contribution in [0.3, 0.4) is 0 Å². The molecule has 0 atom stereocenters. The number of nitrogens with zero attached hydrogens (tertiary/aromatic N) is 2. The van der Waals surface area contributed by atoms with Crippen molar-refractivity contribution in [1.29, 1.82) is 0 Å². The molecule has 0 amide bonds. The summed E-state index contributed by atoms with van der Waals surface area (Å²) in [7, 11) is 0. The first-order chi connectivity index (χ1) is 28.1. The first kappa shape index (κ1) is 37.9. The Labute approximate surface area is 340 Å². The normalized spacial score (nSPS) is 11.5. The molecule has 0 unspecified atom stereocenters. The van der Waals surface area contributed by atoms with Crippen LogP contribution in [-0.4, -0.2) is 4.40 Å². The number of imidazole rings is 1. The van der Waals surface area contributed by atoms with Crippen LogP contribution in [0.15, 0.2) is 176 Å². The Morgan fingerprint density at radius 1 is 0.491 bits per heavy atom. The molecule has 0 spiro atoms. The van der Waals surface area contributed by atoms with E-state index >= 15 is 0 Å². The monoisotopic (exact) mass is 743 g/mol. The summed E-state index contributed by atoms with van der Waals surface area (Å²) in [6, 6.07) is 61.0. The second-order valence-electron chi connectivity index (χ2n) is 15.7. The highest BCUT2D eigenvalue weighted by Gasteiger charge is 2.31. The van der Waals surface area contributed by atoms with Crippen molar-refractivity contribution < 1.29 is 4.57 Å². The van der Waals surface area contributed by atoms with Crippen molar-refractivity contribution in [2.75, 3.05) is 0 Å². The van der Waals surface area contributed by atoms with Crippen molar-refractivity contribution in [3.8, 4) is 16.9 Å². The molecule has 57 heavy (non-hydrogen) atoms. The van der Waals surface area contributed by atoms with Gasteiger partial charge in [0.25, 0.3) is 6.33 Å². The highest BCUT2D eigenvalue weighted by Crippen LogP contribution is 2.42. The minimum absolute atomic E-state index is 0.0154. The molecule has 0 bridgehead atoms. The van der Waals surface area contributed by atoms with Crippen LogP contribution in [0.5, 0.6) is 0 Å². The molecule has 2 heterocycles. The maximum absolute atomic E-state index is 2.50. The van der Waals surface area contributed by atoms with E-state index in [0.717, 1.165) is 38.5 Å². The van der Waals surface area contributed by atoms with Gasteiger partial charge < -0.3 is 0 Å². The van der Waals surface area contributed by atoms with Crippen LogP contribution < -0.4 is 4.57 Å². The van der Waals surface area contributed by atoms with Gasteiger partial charge in [0.05, 0.1) is 0 Å². The Balaban J connectivity index is 1.46. The Hall–Kier alpha value is -5.99. The van der Waals surface area contributed by atoms with Crippen LogP contribution in [0.1, 0.15) is 108 Å². The summed E-state index contributed by atoms with van der Waals surface area (Å²) in [6.07, 6.45) is 11.4. The molecular formula is C55H55N2+. The first-order valence-corrected chi connectivity index (χ1v) is 21.1. The Bertz CT molecular complexity index is 2340. The fraction of sp³-hybridized carbons (Fsp3) is 0.218. The Morgan fingerprint density at radius 3 is 1.35 bits per heavy atom. The van der Waals surface area contributed by atoms with Gasteiger partial charge in [-0.05, 0) is 77.3 Å². The van der Waals surface area contributed by atoms with Gasteiger partial charge in [0.2, 0.25) is 0 Å². The summed E-state index contributed by atoms with van der Waals surface area (Å²) < 4.78 is 4.91. The van der Waals surface area contributed by atoms with Crippen molar-refractivity contribution in [2.24, 2.45) is 0 Å². The first-order valence-electron chi connectivity index (χ1n) is 21.1. The average molecular weight is 744 g/mol. The van der Waals surface area contributed by atoms with Gasteiger partial charge in [0.15, 0.2) is 5.52 Å². The third kappa shape index (κ3) is 7.87. The molecule has 6 aromatic carbocycles. The number of fused-ring (bicyclic) bond motifs is 1. The van der Waals surface area contributed by atoms with Gasteiger partial charge in [-0.1, -0.05) is 197 Å². The zero-order valence-electron chi connectivity index (χ0n) is 34.0. The molecule has 0 saturated heterocycles. The third-order valence-corrected chi connectivity index (χ3v) is 11.5. The van der Waals surface area contributed by atoms with Crippen LogP contribution >= 0.6 is 0 Å². The van der Waals surface area contributed by atoms with Crippen LogP contribution in [0.4, 0.5) is 0 Å². The molecular weight excluding hydrogens is 689 g/mol. The van der Waals surface area contributed by atoms with Gasteiger partial charge in [-0.25, -0.2) is 4.57 Å². The zero-order chi connectivity index (χ0) is 39.1. The van der Waals surface area contributed by atoms with Gasteiger partial charge >= 0.3 is 0 Å². The van der Waals surface area contributed by atoms with E-state index in [-0.39, 0.29) is 11.8 Å². The number of pyridine rings is 1. The van der Waals surface area contributed by atoms with Crippen molar-refractivity contribution in [3.63, 3.8) is 0 Å². The lowest BCUT2D eigenvalue weighted by Gasteiger charge is -2.26. The second kappa shape index (κ2) is 17.4.